The van der Waals surface area contributed by atoms with Crippen LogP contribution in [0.2, 0.25) is 0 Å². The van der Waals surface area contributed by atoms with Crippen molar-refractivity contribution in [1.82, 2.24) is 0 Å². The Morgan fingerprint density at radius 3 is 1.71 bits per heavy atom. The number of halogens is 1. The number of aliphatic hydroxyl groups is 1. The third kappa shape index (κ3) is 17.9. The Labute approximate surface area is 136 Å². The predicted molar refractivity (Wildman–Crippen MR) is 91.8 cm³/mol. The van der Waals surface area contributed by atoms with Crippen LogP contribution in [0.1, 0.15) is 103 Å². The molecule has 126 valence electrons. The number of unbranched alkanes of at least 4 members (excludes halogenated alkanes) is 10. The lowest BCUT2D eigenvalue weighted by Gasteiger charge is -2.10. The van der Waals surface area contributed by atoms with Crippen molar-refractivity contribution in [2.45, 2.75) is 109 Å². The Balaban J connectivity index is 3.12. The zero-order valence-corrected chi connectivity index (χ0v) is 14.7. The molecular formula is C18H35ClO2. The molecule has 0 heterocycles. The molecular weight excluding hydrogens is 284 g/mol. The minimum absolute atomic E-state index is 0.0741. The summed E-state index contributed by atoms with van der Waals surface area (Å²) in [7, 11) is 0. The normalized spacial score (nSPS) is 12.5. The van der Waals surface area contributed by atoms with Gasteiger partial charge in [-0.25, -0.2) is 0 Å². The van der Waals surface area contributed by atoms with Crippen molar-refractivity contribution in [2.24, 2.45) is 0 Å². The van der Waals surface area contributed by atoms with E-state index in [0.29, 0.717) is 6.42 Å². The van der Waals surface area contributed by atoms with Crippen LogP contribution in [-0.2, 0) is 4.79 Å². The molecule has 1 N–H and O–H groups in total. The zero-order valence-electron chi connectivity index (χ0n) is 13.9. The molecule has 0 saturated heterocycles. The molecule has 0 aromatic heterocycles. The van der Waals surface area contributed by atoms with Crippen LogP contribution < -0.4 is 0 Å². The van der Waals surface area contributed by atoms with E-state index in [1.165, 1.54) is 57.8 Å². The van der Waals surface area contributed by atoms with Crippen molar-refractivity contribution < 1.29 is 9.90 Å². The molecule has 21 heavy (non-hydrogen) atoms. The monoisotopic (exact) mass is 318 g/mol. The Bertz CT molecular complexity index is 231. The molecule has 0 aliphatic heterocycles. The number of hydrogen-bond donors (Lipinski definition) is 1. The van der Waals surface area contributed by atoms with E-state index in [-0.39, 0.29) is 11.3 Å². The highest BCUT2D eigenvalue weighted by Crippen LogP contribution is 2.14. The van der Waals surface area contributed by atoms with Crippen molar-refractivity contribution in [3.05, 3.63) is 0 Å². The lowest BCUT2D eigenvalue weighted by atomic mass is 10.0. The molecule has 0 bridgehead atoms. The second-order valence-electron chi connectivity index (χ2n) is 6.23. The molecule has 2 nitrogen and oxygen atoms in total. The molecule has 0 amide bonds. The summed E-state index contributed by atoms with van der Waals surface area (Å²) in [6.45, 7) is 2.22. The Kier molecular flexibility index (Phi) is 16.2. The van der Waals surface area contributed by atoms with Crippen LogP contribution in [0.5, 0.6) is 0 Å². The maximum atomic E-state index is 10.5. The van der Waals surface area contributed by atoms with Crippen LogP contribution in [0.3, 0.4) is 0 Å². The molecule has 0 radical (unpaired) electrons. The number of carbonyl (C=O) groups is 1. The van der Waals surface area contributed by atoms with Gasteiger partial charge in [-0.2, -0.15) is 0 Å². The zero-order chi connectivity index (χ0) is 15.8. The van der Waals surface area contributed by atoms with Crippen LogP contribution in [0.4, 0.5) is 0 Å². The number of aliphatic hydroxyl groups excluding tert-OH is 1. The largest absolute Gasteiger partial charge is 0.393 e. The summed E-state index contributed by atoms with van der Waals surface area (Å²) in [5.41, 5.74) is 0. The average Bonchev–Trinajstić information content (AvgIpc) is 2.45. The van der Waals surface area contributed by atoms with Gasteiger partial charge in [0.25, 0.3) is 0 Å². The summed E-state index contributed by atoms with van der Waals surface area (Å²) in [6, 6.07) is 0. The first kappa shape index (κ1) is 20.9. The van der Waals surface area contributed by atoms with E-state index in [9.17, 15) is 9.90 Å². The van der Waals surface area contributed by atoms with Crippen molar-refractivity contribution >= 4 is 16.8 Å². The highest BCUT2D eigenvalue weighted by Gasteiger charge is 2.03. The summed E-state index contributed by atoms with van der Waals surface area (Å²) >= 11 is 5.29. The molecule has 0 fully saturated rings. The van der Waals surface area contributed by atoms with Crippen molar-refractivity contribution in [1.29, 1.82) is 0 Å². The lowest BCUT2D eigenvalue weighted by molar-refractivity contribution is -0.111. The molecule has 0 aliphatic rings. The quantitative estimate of drug-likeness (QED) is 0.280. The van der Waals surface area contributed by atoms with E-state index in [1.54, 1.807) is 0 Å². The van der Waals surface area contributed by atoms with Gasteiger partial charge in [-0.15, -0.1) is 0 Å². The summed E-state index contributed by atoms with van der Waals surface area (Å²) < 4.78 is 0. The van der Waals surface area contributed by atoms with E-state index in [0.717, 1.165) is 32.1 Å². The van der Waals surface area contributed by atoms with Gasteiger partial charge in [-0.1, -0.05) is 77.6 Å². The molecule has 1 atom stereocenters. The van der Waals surface area contributed by atoms with Gasteiger partial charge in [0.2, 0.25) is 5.24 Å². The first-order chi connectivity index (χ1) is 10.2. The van der Waals surface area contributed by atoms with Crippen molar-refractivity contribution in [2.75, 3.05) is 0 Å². The van der Waals surface area contributed by atoms with Gasteiger partial charge in [0.1, 0.15) is 0 Å². The minimum Gasteiger partial charge on any atom is -0.393 e. The summed E-state index contributed by atoms with van der Waals surface area (Å²) in [6.07, 6.45) is 16.9. The van der Waals surface area contributed by atoms with Crippen molar-refractivity contribution in [3.63, 3.8) is 0 Å². The molecule has 0 spiro atoms. The average molecular weight is 319 g/mol. The van der Waals surface area contributed by atoms with Gasteiger partial charge in [-0.3, -0.25) is 4.79 Å². The van der Waals surface area contributed by atoms with Gasteiger partial charge in [-0.05, 0) is 30.9 Å². The molecule has 0 rings (SSSR count). The van der Waals surface area contributed by atoms with Gasteiger partial charge in [0.15, 0.2) is 0 Å². The van der Waals surface area contributed by atoms with Crippen LogP contribution in [0.15, 0.2) is 0 Å². The van der Waals surface area contributed by atoms with Crippen LogP contribution >= 0.6 is 11.6 Å². The summed E-state index contributed by atoms with van der Waals surface area (Å²) in [5, 5.41) is 9.65. The lowest BCUT2D eigenvalue weighted by Crippen LogP contribution is -2.05. The smallest absolute Gasteiger partial charge is 0.221 e. The molecule has 0 aromatic rings. The van der Waals surface area contributed by atoms with Crippen LogP contribution in [-0.4, -0.2) is 16.5 Å². The number of rotatable bonds is 16. The van der Waals surface area contributed by atoms with Gasteiger partial charge < -0.3 is 5.11 Å². The van der Waals surface area contributed by atoms with Crippen molar-refractivity contribution in [3.8, 4) is 0 Å². The SMILES string of the molecule is CCCCCCC(O)CCCCCCCCCCC(=O)Cl. The maximum absolute atomic E-state index is 10.5. The molecule has 3 heteroatoms. The van der Waals surface area contributed by atoms with Crippen LogP contribution in [0, 0.1) is 0 Å². The number of carbonyl (C=O) groups excluding carboxylic acids is 1. The molecule has 0 aliphatic carbocycles. The molecule has 1 unspecified atom stereocenters. The maximum Gasteiger partial charge on any atom is 0.221 e. The molecule has 0 aromatic carbocycles. The summed E-state index contributed by atoms with van der Waals surface area (Å²) in [4.78, 5) is 10.5. The standard InChI is InChI=1S/C18H35ClO2/c1-2-3-4-11-14-17(20)15-12-9-7-5-6-8-10-13-16-18(19)21/h17,20H,2-16H2,1H3. The number of hydrogen-bond acceptors (Lipinski definition) is 2. The van der Waals surface area contributed by atoms with Gasteiger partial charge in [0.05, 0.1) is 6.10 Å². The second kappa shape index (κ2) is 16.3. The third-order valence-corrected chi connectivity index (χ3v) is 4.24. The van der Waals surface area contributed by atoms with Gasteiger partial charge in [0, 0.05) is 6.42 Å². The summed E-state index contributed by atoms with van der Waals surface area (Å²) in [5.74, 6) is 0. The fraction of sp³-hybridized carbons (Fsp3) is 0.944. The Morgan fingerprint density at radius 2 is 1.24 bits per heavy atom. The van der Waals surface area contributed by atoms with Crippen LogP contribution in [0.25, 0.3) is 0 Å². The fourth-order valence-corrected chi connectivity index (χ4v) is 2.79. The second-order valence-corrected chi connectivity index (χ2v) is 6.65. The van der Waals surface area contributed by atoms with E-state index in [2.05, 4.69) is 6.92 Å². The van der Waals surface area contributed by atoms with E-state index in [4.69, 9.17) is 11.6 Å². The first-order valence-electron chi connectivity index (χ1n) is 9.03. The topological polar surface area (TPSA) is 37.3 Å². The highest BCUT2D eigenvalue weighted by atomic mass is 35.5. The highest BCUT2D eigenvalue weighted by molar-refractivity contribution is 6.63. The predicted octanol–water partition coefficient (Wildman–Crippen LogP) is 5.98. The van der Waals surface area contributed by atoms with E-state index >= 15 is 0 Å². The van der Waals surface area contributed by atoms with E-state index < -0.39 is 0 Å². The Morgan fingerprint density at radius 1 is 0.810 bits per heavy atom. The van der Waals surface area contributed by atoms with E-state index in [1.807, 2.05) is 0 Å². The third-order valence-electron chi connectivity index (χ3n) is 4.05. The first-order valence-corrected chi connectivity index (χ1v) is 9.41. The van der Waals surface area contributed by atoms with Gasteiger partial charge >= 0.3 is 0 Å². The minimum atomic E-state index is -0.205. The molecule has 0 saturated carbocycles. The fourth-order valence-electron chi connectivity index (χ4n) is 2.66. The Hall–Kier alpha value is -0.0800.